The average Bonchev–Trinajstić information content (AvgIpc) is 3.18. The summed E-state index contributed by atoms with van der Waals surface area (Å²) in [7, 11) is 0. The van der Waals surface area contributed by atoms with Crippen LogP contribution in [0.5, 0.6) is 0 Å². The van der Waals surface area contributed by atoms with Gasteiger partial charge in [-0.1, -0.05) is 11.3 Å². The molecule has 0 spiro atoms. The standard InChI is InChI=1S/C20H25N7OS/c1-2-4-14-13(3-1)15-16-17(19(24-25-23-16)26-7-5-21-6-8-26)29-20(15)22-18(14)27-9-11-28-12-10-27/h21H,1-12H2/p+2. The lowest BCUT2D eigenvalue weighted by molar-refractivity contribution is -0.655. The van der Waals surface area contributed by atoms with E-state index in [1.807, 2.05) is 0 Å². The Labute approximate surface area is 173 Å². The summed E-state index contributed by atoms with van der Waals surface area (Å²) < 4.78 is 6.78. The first-order valence-electron chi connectivity index (χ1n) is 10.8. The summed E-state index contributed by atoms with van der Waals surface area (Å²) in [6.45, 7) is 7.77. The molecule has 2 fully saturated rings. The smallest absolute Gasteiger partial charge is 0.279 e. The number of morpholine rings is 1. The van der Waals surface area contributed by atoms with E-state index in [2.05, 4.69) is 35.5 Å². The van der Waals surface area contributed by atoms with E-state index in [0.717, 1.165) is 76.7 Å². The fourth-order valence-electron chi connectivity index (χ4n) is 5.04. The maximum atomic E-state index is 5.60. The number of fused-ring (bicyclic) bond motifs is 5. The molecular weight excluding hydrogens is 386 g/mol. The summed E-state index contributed by atoms with van der Waals surface area (Å²) in [5.41, 5.74) is 4.00. The van der Waals surface area contributed by atoms with Crippen LogP contribution in [0.2, 0.25) is 0 Å². The van der Waals surface area contributed by atoms with Crippen molar-refractivity contribution in [2.24, 2.45) is 0 Å². The van der Waals surface area contributed by atoms with Crippen molar-refractivity contribution in [1.29, 1.82) is 0 Å². The number of nitrogens with two attached hydrogens (primary N) is 1. The topological polar surface area (TPSA) is 85.1 Å². The molecule has 0 saturated carbocycles. The second-order valence-electron chi connectivity index (χ2n) is 8.19. The highest BCUT2D eigenvalue weighted by Crippen LogP contribution is 2.41. The molecule has 0 bridgehead atoms. The first kappa shape index (κ1) is 17.7. The molecule has 0 unspecified atom stereocenters. The van der Waals surface area contributed by atoms with Gasteiger partial charge in [0.2, 0.25) is 0 Å². The van der Waals surface area contributed by atoms with Crippen LogP contribution < -0.4 is 20.1 Å². The van der Waals surface area contributed by atoms with Crippen LogP contribution in [0.4, 0.5) is 11.6 Å². The van der Waals surface area contributed by atoms with Crippen LogP contribution >= 0.6 is 11.3 Å². The van der Waals surface area contributed by atoms with Crippen LogP contribution in [0.3, 0.4) is 0 Å². The van der Waals surface area contributed by atoms with E-state index < -0.39 is 0 Å². The number of rotatable bonds is 2. The Kier molecular flexibility index (Phi) is 4.46. The third kappa shape index (κ3) is 2.94. The van der Waals surface area contributed by atoms with Gasteiger partial charge in [-0.2, -0.15) is 0 Å². The molecule has 3 N–H and O–H groups in total. The van der Waals surface area contributed by atoms with E-state index in [4.69, 9.17) is 4.74 Å². The van der Waals surface area contributed by atoms with Gasteiger partial charge < -0.3 is 15.0 Å². The van der Waals surface area contributed by atoms with Crippen LogP contribution in [0, 0.1) is 0 Å². The van der Waals surface area contributed by atoms with Gasteiger partial charge in [-0.15, -0.1) is 10.2 Å². The fraction of sp³-hybridized carbons (Fsp3) is 0.600. The lowest BCUT2D eigenvalue weighted by Gasteiger charge is -2.26. The Hall–Kier alpha value is -2.10. The second kappa shape index (κ2) is 7.30. The van der Waals surface area contributed by atoms with Crippen molar-refractivity contribution in [2.75, 3.05) is 62.3 Å². The van der Waals surface area contributed by atoms with Gasteiger partial charge in [0, 0.05) is 5.56 Å². The maximum absolute atomic E-state index is 5.60. The molecule has 3 aromatic rings. The Morgan fingerprint density at radius 2 is 1.72 bits per heavy atom. The molecule has 5 heterocycles. The molecule has 9 heteroatoms. The number of piperazine rings is 1. The number of aromatic nitrogens is 4. The molecule has 6 rings (SSSR count). The van der Waals surface area contributed by atoms with Crippen molar-refractivity contribution in [3.05, 3.63) is 11.1 Å². The van der Waals surface area contributed by atoms with E-state index in [-0.39, 0.29) is 0 Å². The maximum Gasteiger partial charge on any atom is 0.279 e. The summed E-state index contributed by atoms with van der Waals surface area (Å²) in [6, 6.07) is 0. The molecule has 2 aliphatic heterocycles. The molecule has 2 saturated heterocycles. The van der Waals surface area contributed by atoms with Crippen molar-refractivity contribution >= 4 is 43.4 Å². The van der Waals surface area contributed by atoms with Crippen LogP contribution in [0.25, 0.3) is 20.4 Å². The SMILES string of the molecule is C1CCc2c(c(N3CCOCC3)[nH+]c3sc4c(N5CC[NH2+]CC5)nnnc4c23)C1. The third-order valence-electron chi connectivity index (χ3n) is 6.49. The lowest BCUT2D eigenvalue weighted by atomic mass is 9.90. The van der Waals surface area contributed by atoms with Crippen molar-refractivity contribution in [1.82, 2.24) is 15.4 Å². The largest absolute Gasteiger partial charge is 0.373 e. The molecule has 29 heavy (non-hydrogen) atoms. The van der Waals surface area contributed by atoms with Gasteiger partial charge in [0.15, 0.2) is 10.6 Å². The van der Waals surface area contributed by atoms with Gasteiger partial charge >= 0.3 is 0 Å². The Morgan fingerprint density at radius 3 is 2.55 bits per heavy atom. The molecule has 3 aromatic heterocycles. The van der Waals surface area contributed by atoms with Gasteiger partial charge in [0.1, 0.15) is 23.3 Å². The van der Waals surface area contributed by atoms with Crippen LogP contribution in [0.1, 0.15) is 24.0 Å². The van der Waals surface area contributed by atoms with Crippen LogP contribution in [-0.2, 0) is 17.6 Å². The highest BCUT2D eigenvalue weighted by Gasteiger charge is 2.31. The fourth-order valence-corrected chi connectivity index (χ4v) is 6.22. The zero-order valence-electron chi connectivity index (χ0n) is 16.6. The first-order chi connectivity index (χ1) is 14.4. The van der Waals surface area contributed by atoms with E-state index in [0.29, 0.717) is 0 Å². The molecule has 8 nitrogen and oxygen atoms in total. The number of nitrogens with one attached hydrogen (secondary N) is 1. The number of thiophene rings is 1. The molecule has 0 aromatic carbocycles. The molecule has 0 atom stereocenters. The Bertz CT molecular complexity index is 1060. The average molecular weight is 414 g/mol. The minimum atomic E-state index is 0.804. The van der Waals surface area contributed by atoms with Crippen molar-refractivity contribution in [3.63, 3.8) is 0 Å². The summed E-state index contributed by atoms with van der Waals surface area (Å²) in [5, 5.41) is 16.8. The highest BCUT2D eigenvalue weighted by molar-refractivity contribution is 7.25. The first-order valence-corrected chi connectivity index (χ1v) is 11.6. The minimum absolute atomic E-state index is 0.804. The van der Waals surface area contributed by atoms with Crippen LogP contribution in [0.15, 0.2) is 0 Å². The second-order valence-corrected chi connectivity index (χ2v) is 9.21. The van der Waals surface area contributed by atoms with E-state index in [1.165, 1.54) is 44.7 Å². The zero-order valence-corrected chi connectivity index (χ0v) is 17.4. The summed E-state index contributed by atoms with van der Waals surface area (Å²) in [6.07, 6.45) is 4.77. The molecule has 0 amide bonds. The number of quaternary nitrogens is 1. The Balaban J connectivity index is 1.57. The number of nitrogens with zero attached hydrogens (tertiary/aromatic N) is 5. The molecule has 3 aliphatic rings. The predicted molar refractivity (Wildman–Crippen MR) is 113 cm³/mol. The van der Waals surface area contributed by atoms with Crippen molar-refractivity contribution in [3.8, 4) is 0 Å². The van der Waals surface area contributed by atoms with E-state index in [9.17, 15) is 0 Å². The summed E-state index contributed by atoms with van der Waals surface area (Å²) in [4.78, 5) is 9.88. The number of ether oxygens (including phenoxy) is 1. The van der Waals surface area contributed by atoms with E-state index >= 15 is 0 Å². The quantitative estimate of drug-likeness (QED) is 0.644. The number of aryl methyl sites for hydroxylation is 1. The minimum Gasteiger partial charge on any atom is -0.373 e. The molecule has 1 aliphatic carbocycles. The molecular formula is C20H27N7OS+2. The van der Waals surface area contributed by atoms with Gasteiger partial charge in [0.25, 0.3) is 5.82 Å². The third-order valence-corrected chi connectivity index (χ3v) is 7.58. The number of anilines is 2. The number of H-pyrrole nitrogens is 1. The number of aromatic amines is 1. The van der Waals surface area contributed by atoms with Gasteiger partial charge in [-0.3, -0.25) is 4.90 Å². The van der Waals surface area contributed by atoms with Gasteiger partial charge in [-0.05, 0) is 36.5 Å². The summed E-state index contributed by atoms with van der Waals surface area (Å²) >= 11 is 1.80. The van der Waals surface area contributed by atoms with Crippen molar-refractivity contribution < 1.29 is 15.0 Å². The zero-order chi connectivity index (χ0) is 19.2. The van der Waals surface area contributed by atoms with Crippen molar-refractivity contribution in [2.45, 2.75) is 25.7 Å². The van der Waals surface area contributed by atoms with Gasteiger partial charge in [-0.25, -0.2) is 4.98 Å². The van der Waals surface area contributed by atoms with E-state index in [1.54, 1.807) is 11.3 Å². The molecule has 152 valence electrons. The van der Waals surface area contributed by atoms with Crippen LogP contribution in [-0.4, -0.2) is 67.9 Å². The number of pyridine rings is 1. The lowest BCUT2D eigenvalue weighted by Crippen LogP contribution is -2.89. The van der Waals surface area contributed by atoms with Gasteiger partial charge in [0.05, 0.1) is 44.8 Å². The predicted octanol–water partition coefficient (Wildman–Crippen LogP) is 0.152. The highest BCUT2D eigenvalue weighted by atomic mass is 32.1. The summed E-state index contributed by atoms with van der Waals surface area (Å²) in [5.74, 6) is 2.31. The Morgan fingerprint density at radius 1 is 0.931 bits per heavy atom. The number of hydrogen-bond donors (Lipinski definition) is 1. The molecule has 0 radical (unpaired) electrons. The monoisotopic (exact) mass is 413 g/mol. The normalized spacial score (nSPS) is 20.4. The number of hydrogen-bond acceptors (Lipinski definition) is 7.